The number of anilines is 1. The molecule has 0 bridgehead atoms. The minimum Gasteiger partial charge on any atom is -0.466 e. The summed E-state index contributed by atoms with van der Waals surface area (Å²) in [6.45, 7) is 3.11. The summed E-state index contributed by atoms with van der Waals surface area (Å²) in [5.41, 5.74) is 5.94. The van der Waals surface area contributed by atoms with E-state index in [1.54, 1.807) is 12.1 Å². The third-order valence-electron chi connectivity index (χ3n) is 7.40. The molecule has 0 fully saturated rings. The number of methoxy groups -OCH3 is 1. The number of allylic oxidation sites excluding steroid dienone is 1. The second kappa shape index (κ2) is 13.9. The largest absolute Gasteiger partial charge is 0.466 e. The first-order valence-electron chi connectivity index (χ1n) is 13.6. The van der Waals surface area contributed by atoms with Crippen LogP contribution < -0.4 is 10.6 Å². The van der Waals surface area contributed by atoms with E-state index in [1.807, 2.05) is 14.1 Å². The molecule has 0 saturated carbocycles. The molecule has 0 radical (unpaired) electrons. The van der Waals surface area contributed by atoms with E-state index < -0.39 is 35.7 Å². The quantitative estimate of drug-likeness (QED) is 0.198. The van der Waals surface area contributed by atoms with Gasteiger partial charge in [-0.1, -0.05) is 12.1 Å². The third kappa shape index (κ3) is 7.54. The molecular formula is C30H36F3N6O5+. The number of rotatable bonds is 11. The number of benzene rings is 2. The number of amides is 2. The normalized spacial score (nSPS) is 15.8. The van der Waals surface area contributed by atoms with Crippen LogP contribution in [0.1, 0.15) is 35.2 Å². The van der Waals surface area contributed by atoms with Crippen molar-refractivity contribution in [3.8, 4) is 6.07 Å². The topological polar surface area (TPSA) is 153 Å². The molecule has 0 aromatic heterocycles. The number of hydrogen-bond acceptors (Lipinski definition) is 7. The van der Waals surface area contributed by atoms with E-state index in [4.69, 9.17) is 25.7 Å². The standard InChI is InChI=1S/C30H35F3N6O5/c1-19-25(27(41)43-4)26(38(29(36)42)28(35)37(19)23-7-5-6-22(17-23)30(31,32)33)24-9-8-20(18-34)16-21(24)10-11-39(2,3)12-14-44-15-13-40/h5-9,16-17,26,35,40H,10-15H2,1-4H3,(H-,36,42)/p+1/t26-/m1/s1. The molecule has 0 unspecified atom stereocenters. The van der Waals surface area contributed by atoms with Gasteiger partial charge in [-0.3, -0.25) is 15.2 Å². The highest BCUT2D eigenvalue weighted by atomic mass is 19.4. The fraction of sp³-hybridized carbons (Fsp3) is 0.400. The second-order valence-corrected chi connectivity index (χ2v) is 10.8. The smallest absolute Gasteiger partial charge is 0.416 e. The first-order chi connectivity index (χ1) is 20.7. The number of ether oxygens (including phenoxy) is 2. The maximum atomic E-state index is 13.6. The average Bonchev–Trinajstić information content (AvgIpc) is 2.97. The molecule has 2 aromatic carbocycles. The number of urea groups is 1. The van der Waals surface area contributed by atoms with Gasteiger partial charge in [0.25, 0.3) is 0 Å². The monoisotopic (exact) mass is 617 g/mol. The zero-order valence-corrected chi connectivity index (χ0v) is 24.9. The molecule has 236 valence electrons. The van der Waals surface area contributed by atoms with Crippen LogP contribution in [0.3, 0.4) is 0 Å². The van der Waals surface area contributed by atoms with Crippen LogP contribution in [-0.2, 0) is 26.9 Å². The zero-order valence-electron chi connectivity index (χ0n) is 24.9. The molecular weight excluding hydrogens is 581 g/mol. The summed E-state index contributed by atoms with van der Waals surface area (Å²) in [5.74, 6) is -1.45. The molecule has 4 N–H and O–H groups in total. The van der Waals surface area contributed by atoms with Crippen molar-refractivity contribution in [2.24, 2.45) is 5.73 Å². The van der Waals surface area contributed by atoms with Crippen LogP contribution in [0.5, 0.6) is 0 Å². The number of nitrogens with zero attached hydrogens (tertiary/aromatic N) is 4. The number of likely N-dealkylation sites (N-methyl/N-ethyl adjacent to an activating group) is 1. The fourth-order valence-electron chi connectivity index (χ4n) is 5.04. The van der Waals surface area contributed by atoms with E-state index in [1.165, 1.54) is 19.1 Å². The predicted molar refractivity (Wildman–Crippen MR) is 155 cm³/mol. The number of hydrogen-bond donors (Lipinski definition) is 3. The van der Waals surface area contributed by atoms with E-state index in [0.29, 0.717) is 47.3 Å². The molecule has 2 amide bonds. The first kappa shape index (κ1) is 34.0. The van der Waals surface area contributed by atoms with E-state index >= 15 is 0 Å². The van der Waals surface area contributed by atoms with E-state index in [9.17, 15) is 28.0 Å². The molecule has 2 aromatic rings. The Hall–Kier alpha value is -4.45. The SMILES string of the molecule is COC(=O)C1=C(C)N(c2cccc(C(F)(F)F)c2)C(=N)N(C(N)=O)[C@@H]1c1ccc(C#N)cc1CC[N+](C)(C)CCOCCO. The number of esters is 1. The van der Waals surface area contributed by atoms with Crippen molar-refractivity contribution in [2.75, 3.05) is 59.0 Å². The lowest BCUT2D eigenvalue weighted by Gasteiger charge is -2.43. The van der Waals surface area contributed by atoms with Gasteiger partial charge in [0.1, 0.15) is 12.6 Å². The molecule has 0 aliphatic carbocycles. The predicted octanol–water partition coefficient (Wildman–Crippen LogP) is 3.53. The van der Waals surface area contributed by atoms with Gasteiger partial charge in [-0.25, -0.2) is 9.59 Å². The van der Waals surface area contributed by atoms with Crippen molar-refractivity contribution in [2.45, 2.75) is 25.6 Å². The van der Waals surface area contributed by atoms with Crippen molar-refractivity contribution in [1.82, 2.24) is 4.90 Å². The van der Waals surface area contributed by atoms with Crippen LogP contribution in [0, 0.1) is 16.7 Å². The second-order valence-electron chi connectivity index (χ2n) is 10.8. The van der Waals surface area contributed by atoms with Crippen molar-refractivity contribution >= 4 is 23.6 Å². The number of nitrogens with two attached hydrogens (primary N) is 1. The van der Waals surface area contributed by atoms with Crippen molar-refractivity contribution in [3.05, 3.63) is 76.0 Å². The third-order valence-corrected chi connectivity index (χ3v) is 7.40. The van der Waals surface area contributed by atoms with Crippen molar-refractivity contribution in [3.63, 3.8) is 0 Å². The summed E-state index contributed by atoms with van der Waals surface area (Å²) in [5, 5.41) is 27.5. The number of alkyl halides is 3. The van der Waals surface area contributed by atoms with E-state index in [0.717, 1.165) is 35.1 Å². The van der Waals surface area contributed by atoms with Gasteiger partial charge >= 0.3 is 18.2 Å². The number of carbonyl (C=O) groups is 2. The van der Waals surface area contributed by atoms with Gasteiger partial charge in [-0.2, -0.15) is 18.4 Å². The molecule has 0 spiro atoms. The number of nitrogens with one attached hydrogen (secondary N) is 1. The van der Waals surface area contributed by atoms with Crippen LogP contribution in [0.15, 0.2) is 53.7 Å². The summed E-state index contributed by atoms with van der Waals surface area (Å²) in [6, 6.07) is 8.54. The highest BCUT2D eigenvalue weighted by molar-refractivity contribution is 6.10. The number of guanidine groups is 1. The van der Waals surface area contributed by atoms with Crippen LogP contribution in [0.25, 0.3) is 0 Å². The molecule has 1 aliphatic heterocycles. The summed E-state index contributed by atoms with van der Waals surface area (Å²) in [7, 11) is 5.07. The Morgan fingerprint density at radius 1 is 1.16 bits per heavy atom. The number of aliphatic hydroxyl groups excluding tert-OH is 1. The number of aliphatic hydroxyl groups is 1. The molecule has 44 heavy (non-hydrogen) atoms. The van der Waals surface area contributed by atoms with E-state index in [-0.39, 0.29) is 30.2 Å². The van der Waals surface area contributed by atoms with Gasteiger partial charge in [0.15, 0.2) is 0 Å². The Kier molecular flexibility index (Phi) is 10.7. The molecule has 1 atom stereocenters. The minimum absolute atomic E-state index is 0.0659. The zero-order chi connectivity index (χ0) is 32.8. The summed E-state index contributed by atoms with van der Waals surface area (Å²) in [4.78, 5) is 28.2. The average molecular weight is 618 g/mol. The van der Waals surface area contributed by atoms with Gasteiger partial charge in [0.2, 0.25) is 5.96 Å². The maximum absolute atomic E-state index is 13.6. The fourth-order valence-corrected chi connectivity index (χ4v) is 5.04. The first-order valence-corrected chi connectivity index (χ1v) is 13.6. The molecule has 11 nitrogen and oxygen atoms in total. The van der Waals surface area contributed by atoms with Crippen LogP contribution >= 0.6 is 0 Å². The summed E-state index contributed by atoms with van der Waals surface area (Å²) < 4.78 is 51.6. The van der Waals surface area contributed by atoms with Gasteiger partial charge in [-0.05, 0) is 48.4 Å². The molecule has 1 aliphatic rings. The summed E-state index contributed by atoms with van der Waals surface area (Å²) in [6.07, 6.45) is -4.31. The Labute approximate surface area is 253 Å². The Bertz CT molecular complexity index is 1480. The van der Waals surface area contributed by atoms with Crippen LogP contribution in [0.2, 0.25) is 0 Å². The highest BCUT2D eigenvalue weighted by Gasteiger charge is 2.44. The van der Waals surface area contributed by atoms with Gasteiger partial charge in [-0.15, -0.1) is 0 Å². The van der Waals surface area contributed by atoms with Crippen LogP contribution in [-0.4, -0.2) is 86.6 Å². The molecule has 1 heterocycles. The Balaban J connectivity index is 2.19. The number of primary amides is 1. The van der Waals surface area contributed by atoms with Gasteiger partial charge < -0.3 is 24.8 Å². The van der Waals surface area contributed by atoms with Crippen molar-refractivity contribution < 1.29 is 41.8 Å². The van der Waals surface area contributed by atoms with Crippen LogP contribution in [0.4, 0.5) is 23.7 Å². The number of halogens is 3. The lowest BCUT2D eigenvalue weighted by molar-refractivity contribution is -0.890. The Morgan fingerprint density at radius 3 is 2.45 bits per heavy atom. The van der Waals surface area contributed by atoms with Gasteiger partial charge in [0, 0.05) is 17.8 Å². The lowest BCUT2D eigenvalue weighted by Crippen LogP contribution is -2.55. The van der Waals surface area contributed by atoms with Crippen molar-refractivity contribution in [1.29, 1.82) is 10.7 Å². The molecule has 3 rings (SSSR count). The van der Waals surface area contributed by atoms with E-state index in [2.05, 4.69) is 6.07 Å². The summed E-state index contributed by atoms with van der Waals surface area (Å²) >= 11 is 0. The Morgan fingerprint density at radius 2 is 1.86 bits per heavy atom. The maximum Gasteiger partial charge on any atom is 0.416 e. The molecule has 14 heteroatoms. The highest BCUT2D eigenvalue weighted by Crippen LogP contribution is 2.42. The number of quaternary nitrogens is 1. The number of nitriles is 1. The number of carbonyl (C=O) groups excluding carboxylic acids is 2. The molecule has 0 saturated heterocycles. The lowest BCUT2D eigenvalue weighted by atomic mass is 9.87. The minimum atomic E-state index is -4.68. The van der Waals surface area contributed by atoms with Gasteiger partial charge in [0.05, 0.1) is 70.3 Å².